The van der Waals surface area contributed by atoms with Gasteiger partial charge in [-0.05, 0) is 25.1 Å². The molecule has 0 aliphatic carbocycles. The first-order valence-corrected chi connectivity index (χ1v) is 5.96. The third kappa shape index (κ3) is 2.59. The molecule has 0 spiro atoms. The molecule has 5 nitrogen and oxygen atoms in total. The van der Waals surface area contributed by atoms with Crippen LogP contribution in [0.1, 0.15) is 12.5 Å². The Morgan fingerprint density at radius 3 is 2.90 bits per heavy atom. The summed E-state index contributed by atoms with van der Waals surface area (Å²) in [6.45, 7) is 1.79. The van der Waals surface area contributed by atoms with Gasteiger partial charge in [-0.2, -0.15) is 5.26 Å². The summed E-state index contributed by atoms with van der Waals surface area (Å²) in [6, 6.07) is 8.47. The fourth-order valence-corrected chi connectivity index (χ4v) is 1.69. The second-order valence-electron chi connectivity index (χ2n) is 3.91. The fraction of sp³-hybridized carbons (Fsp3) is 0.133. The normalized spacial score (nSPS) is 11.1. The molecule has 1 aromatic carbocycles. The molecular formula is C15H11NO4. The lowest BCUT2D eigenvalue weighted by Crippen LogP contribution is -2.09. The van der Waals surface area contributed by atoms with E-state index in [-0.39, 0.29) is 23.2 Å². The van der Waals surface area contributed by atoms with Crippen LogP contribution in [-0.2, 0) is 9.53 Å². The number of carbonyl (C=O) groups is 1. The second kappa shape index (κ2) is 5.85. The predicted octanol–water partition coefficient (Wildman–Crippen LogP) is 2.26. The molecule has 0 atom stereocenters. The van der Waals surface area contributed by atoms with Crippen molar-refractivity contribution in [2.45, 2.75) is 6.92 Å². The van der Waals surface area contributed by atoms with Crippen LogP contribution in [0.25, 0.3) is 17.0 Å². The summed E-state index contributed by atoms with van der Waals surface area (Å²) in [5.41, 5.74) is 0.0379. The first-order chi connectivity index (χ1) is 9.67. The van der Waals surface area contributed by atoms with Crippen molar-refractivity contribution in [3.63, 3.8) is 0 Å². The molecule has 0 saturated heterocycles. The molecular weight excluding hydrogens is 258 g/mol. The van der Waals surface area contributed by atoms with E-state index in [0.717, 1.165) is 0 Å². The van der Waals surface area contributed by atoms with E-state index in [4.69, 9.17) is 14.4 Å². The second-order valence-corrected chi connectivity index (χ2v) is 3.91. The molecule has 0 saturated carbocycles. The maximum absolute atomic E-state index is 12.2. The van der Waals surface area contributed by atoms with E-state index in [1.165, 1.54) is 12.3 Å². The maximum atomic E-state index is 12.2. The van der Waals surface area contributed by atoms with Crippen LogP contribution in [0.2, 0.25) is 0 Å². The van der Waals surface area contributed by atoms with Gasteiger partial charge in [-0.25, -0.2) is 4.79 Å². The van der Waals surface area contributed by atoms with Gasteiger partial charge in [0.25, 0.3) is 0 Å². The summed E-state index contributed by atoms with van der Waals surface area (Å²) in [7, 11) is 0. The maximum Gasteiger partial charge on any atom is 0.348 e. The van der Waals surface area contributed by atoms with E-state index in [2.05, 4.69) is 0 Å². The first kappa shape index (κ1) is 13.6. The Morgan fingerprint density at radius 2 is 2.20 bits per heavy atom. The number of carbonyl (C=O) groups excluding carboxylic acids is 1. The van der Waals surface area contributed by atoms with Crippen LogP contribution >= 0.6 is 0 Å². The van der Waals surface area contributed by atoms with E-state index >= 15 is 0 Å². The number of rotatable bonds is 3. The SMILES string of the molecule is CCOC(=O)/C(C#N)=C/c1coc2ccccc2c1=O. The molecule has 0 aliphatic heterocycles. The van der Waals surface area contributed by atoms with Gasteiger partial charge in [0, 0.05) is 0 Å². The van der Waals surface area contributed by atoms with Crippen LogP contribution < -0.4 is 5.43 Å². The average molecular weight is 269 g/mol. The van der Waals surface area contributed by atoms with E-state index in [1.54, 1.807) is 37.3 Å². The van der Waals surface area contributed by atoms with Gasteiger partial charge < -0.3 is 9.15 Å². The summed E-state index contributed by atoms with van der Waals surface area (Å²) in [5, 5.41) is 9.33. The van der Waals surface area contributed by atoms with Gasteiger partial charge in [-0.1, -0.05) is 12.1 Å². The fourth-order valence-electron chi connectivity index (χ4n) is 1.69. The Hall–Kier alpha value is -2.87. The van der Waals surface area contributed by atoms with Gasteiger partial charge in [-0.3, -0.25) is 4.79 Å². The minimum absolute atomic E-state index is 0.133. The highest BCUT2D eigenvalue weighted by atomic mass is 16.5. The van der Waals surface area contributed by atoms with E-state index in [9.17, 15) is 9.59 Å². The highest BCUT2D eigenvalue weighted by Gasteiger charge is 2.12. The van der Waals surface area contributed by atoms with Gasteiger partial charge in [0.2, 0.25) is 0 Å². The molecule has 0 fully saturated rings. The number of hydrogen-bond acceptors (Lipinski definition) is 5. The summed E-state index contributed by atoms with van der Waals surface area (Å²) >= 11 is 0. The Bertz CT molecular complexity index is 780. The van der Waals surface area contributed by atoms with Crippen molar-refractivity contribution in [3.8, 4) is 6.07 Å². The van der Waals surface area contributed by atoms with Crippen LogP contribution in [-0.4, -0.2) is 12.6 Å². The quantitative estimate of drug-likeness (QED) is 0.485. The standard InChI is InChI=1S/C15H11NO4/c1-2-19-15(18)10(8-16)7-11-9-20-13-6-4-3-5-12(13)14(11)17/h3-7,9H,2H2,1H3/b10-7+. The van der Waals surface area contributed by atoms with Crippen molar-refractivity contribution >= 4 is 23.0 Å². The number of fused-ring (bicyclic) bond motifs is 1. The van der Waals surface area contributed by atoms with Crippen LogP contribution in [0, 0.1) is 11.3 Å². The summed E-state index contributed by atoms with van der Waals surface area (Å²) < 4.78 is 10.0. The Kier molecular flexibility index (Phi) is 3.96. The van der Waals surface area contributed by atoms with Crippen LogP contribution in [0.15, 0.2) is 45.3 Å². The van der Waals surface area contributed by atoms with E-state index in [0.29, 0.717) is 11.0 Å². The van der Waals surface area contributed by atoms with Crippen LogP contribution in [0.5, 0.6) is 0 Å². The zero-order valence-corrected chi connectivity index (χ0v) is 10.8. The molecule has 0 N–H and O–H groups in total. The third-order valence-corrected chi connectivity index (χ3v) is 2.62. The topological polar surface area (TPSA) is 80.3 Å². The number of benzene rings is 1. The highest BCUT2D eigenvalue weighted by molar-refractivity contribution is 5.98. The molecule has 0 aliphatic rings. The lowest BCUT2D eigenvalue weighted by Gasteiger charge is -2.00. The molecule has 2 rings (SSSR count). The molecule has 2 aromatic rings. The molecule has 0 bridgehead atoms. The van der Waals surface area contributed by atoms with Crippen molar-refractivity contribution in [2.75, 3.05) is 6.61 Å². The molecule has 5 heteroatoms. The lowest BCUT2D eigenvalue weighted by molar-refractivity contribution is -0.137. The molecule has 1 aromatic heterocycles. The van der Waals surface area contributed by atoms with E-state index < -0.39 is 5.97 Å². The van der Waals surface area contributed by atoms with Crippen molar-refractivity contribution in [1.82, 2.24) is 0 Å². The van der Waals surface area contributed by atoms with Gasteiger partial charge in [-0.15, -0.1) is 0 Å². The Balaban J connectivity index is 2.53. The van der Waals surface area contributed by atoms with E-state index in [1.807, 2.05) is 0 Å². The summed E-state index contributed by atoms with van der Waals surface area (Å²) in [5.74, 6) is -0.762. The number of nitrogens with zero attached hydrogens (tertiary/aromatic N) is 1. The van der Waals surface area contributed by atoms with Crippen molar-refractivity contribution in [3.05, 3.63) is 51.9 Å². The number of hydrogen-bond donors (Lipinski definition) is 0. The van der Waals surface area contributed by atoms with Gasteiger partial charge in [0.05, 0.1) is 17.6 Å². The lowest BCUT2D eigenvalue weighted by atomic mass is 10.1. The summed E-state index contributed by atoms with van der Waals surface area (Å²) in [4.78, 5) is 23.7. The largest absolute Gasteiger partial charge is 0.463 e. The average Bonchev–Trinajstić information content (AvgIpc) is 2.47. The molecule has 0 unspecified atom stereocenters. The minimum Gasteiger partial charge on any atom is -0.463 e. The number of nitriles is 1. The first-order valence-electron chi connectivity index (χ1n) is 5.96. The van der Waals surface area contributed by atoms with Gasteiger partial charge in [0.15, 0.2) is 5.43 Å². The monoisotopic (exact) mass is 269 g/mol. The number of ether oxygens (including phenoxy) is 1. The molecule has 1 heterocycles. The smallest absolute Gasteiger partial charge is 0.348 e. The zero-order valence-electron chi connectivity index (χ0n) is 10.8. The molecule has 100 valence electrons. The van der Waals surface area contributed by atoms with Gasteiger partial charge >= 0.3 is 5.97 Å². The summed E-state index contributed by atoms with van der Waals surface area (Å²) in [6.07, 6.45) is 2.40. The van der Waals surface area contributed by atoms with Crippen LogP contribution in [0.3, 0.4) is 0 Å². The molecule has 0 amide bonds. The van der Waals surface area contributed by atoms with Crippen molar-refractivity contribution in [1.29, 1.82) is 5.26 Å². The molecule has 20 heavy (non-hydrogen) atoms. The third-order valence-electron chi connectivity index (χ3n) is 2.62. The molecule has 0 radical (unpaired) electrons. The van der Waals surface area contributed by atoms with Gasteiger partial charge in [0.1, 0.15) is 23.5 Å². The number of para-hydroxylation sites is 1. The minimum atomic E-state index is -0.762. The van der Waals surface area contributed by atoms with Crippen LogP contribution in [0.4, 0.5) is 0 Å². The van der Waals surface area contributed by atoms with Crippen molar-refractivity contribution in [2.24, 2.45) is 0 Å². The Morgan fingerprint density at radius 1 is 1.45 bits per heavy atom. The van der Waals surface area contributed by atoms with Crippen molar-refractivity contribution < 1.29 is 13.9 Å². The number of esters is 1. The Labute approximate surface area is 114 Å². The predicted molar refractivity (Wildman–Crippen MR) is 72.7 cm³/mol. The highest BCUT2D eigenvalue weighted by Crippen LogP contribution is 2.12. The zero-order chi connectivity index (χ0) is 14.5.